The summed E-state index contributed by atoms with van der Waals surface area (Å²) in [5.74, 6) is 0.0428. The maximum Gasteiger partial charge on any atom is 0.197 e. The number of carbonyl (C=O) groups is 1. The van der Waals surface area contributed by atoms with Gasteiger partial charge < -0.3 is 20.1 Å². The van der Waals surface area contributed by atoms with Gasteiger partial charge in [-0.2, -0.15) is 0 Å². The van der Waals surface area contributed by atoms with Gasteiger partial charge >= 0.3 is 0 Å². The molecule has 0 radical (unpaired) electrons. The standard InChI is InChI=1S/C28H33ClO5/c29-22-8-7-19(27-26(33)25(32)24(31)23(16-30)34-27)14-21(22)13-17-3-5-18(6-4-17)20-9-12-28(15-20)10-1-2-11-28/h3-8,14,20,23-25,27,30-32H,1-2,9-13,15-16H2/t20?,23-,24-,25+,27?/m1/s1. The Hall–Kier alpha value is -1.76. The van der Waals surface area contributed by atoms with Gasteiger partial charge in [-0.05, 0) is 78.2 Å². The first kappa shape index (κ1) is 24.0. The molecule has 6 heteroatoms. The second-order valence-corrected chi connectivity index (χ2v) is 10.9. The van der Waals surface area contributed by atoms with Gasteiger partial charge in [0.25, 0.3) is 0 Å². The summed E-state index contributed by atoms with van der Waals surface area (Å²) in [5.41, 5.74) is 4.58. The highest BCUT2D eigenvalue weighted by molar-refractivity contribution is 6.31. The Bertz CT molecular complexity index is 1030. The topological polar surface area (TPSA) is 87.0 Å². The number of hydrogen-bond acceptors (Lipinski definition) is 5. The van der Waals surface area contributed by atoms with Crippen molar-refractivity contribution in [2.45, 2.75) is 81.7 Å². The van der Waals surface area contributed by atoms with Crippen molar-refractivity contribution in [1.29, 1.82) is 0 Å². The fourth-order valence-corrected chi connectivity index (χ4v) is 6.52. The number of rotatable bonds is 5. The van der Waals surface area contributed by atoms with Crippen LogP contribution in [0, 0.1) is 5.41 Å². The fourth-order valence-electron chi connectivity index (χ4n) is 6.33. The minimum Gasteiger partial charge on any atom is -0.394 e. The van der Waals surface area contributed by atoms with Crippen molar-refractivity contribution < 1.29 is 24.9 Å². The molecular weight excluding hydrogens is 452 g/mol. The molecule has 2 aliphatic carbocycles. The smallest absolute Gasteiger partial charge is 0.197 e. The molecule has 1 aliphatic heterocycles. The summed E-state index contributed by atoms with van der Waals surface area (Å²) in [4.78, 5) is 12.6. The molecule has 2 saturated carbocycles. The molecule has 0 amide bonds. The predicted molar refractivity (Wildman–Crippen MR) is 130 cm³/mol. The van der Waals surface area contributed by atoms with Crippen LogP contribution in [0.3, 0.4) is 0 Å². The number of aliphatic hydroxyl groups excluding tert-OH is 3. The number of Topliss-reactive ketones (excluding diaryl/α,β-unsaturated/α-hetero) is 1. The van der Waals surface area contributed by atoms with E-state index in [1.165, 1.54) is 50.5 Å². The predicted octanol–water partition coefficient (Wildman–Crippen LogP) is 4.48. The van der Waals surface area contributed by atoms with Gasteiger partial charge in [-0.15, -0.1) is 0 Å². The Balaban J connectivity index is 1.30. The van der Waals surface area contributed by atoms with E-state index in [2.05, 4.69) is 24.3 Å². The molecule has 5 nitrogen and oxygen atoms in total. The second-order valence-electron chi connectivity index (χ2n) is 10.5. The molecule has 2 unspecified atom stereocenters. The van der Waals surface area contributed by atoms with Gasteiger partial charge in [0, 0.05) is 5.02 Å². The maximum atomic E-state index is 12.6. The molecule has 5 atom stereocenters. The lowest BCUT2D eigenvalue weighted by Gasteiger charge is -2.35. The molecule has 2 aromatic carbocycles. The molecule has 0 bridgehead atoms. The number of aliphatic hydroxyl groups is 3. The van der Waals surface area contributed by atoms with Crippen molar-refractivity contribution in [2.75, 3.05) is 6.61 Å². The highest BCUT2D eigenvalue weighted by Gasteiger charge is 2.44. The number of hydrogen-bond donors (Lipinski definition) is 3. The van der Waals surface area contributed by atoms with Gasteiger partial charge in [0.05, 0.1) is 6.61 Å². The Labute approximate surface area is 205 Å². The SMILES string of the molecule is O=C1C(c2ccc(Cl)c(Cc3ccc(C4CCC5(CCCC5)C4)cc3)c2)O[C@H](CO)[C@@H](O)[C@@H]1O. The van der Waals surface area contributed by atoms with E-state index < -0.39 is 36.8 Å². The van der Waals surface area contributed by atoms with Gasteiger partial charge in [0.15, 0.2) is 5.78 Å². The van der Waals surface area contributed by atoms with Crippen molar-refractivity contribution in [3.63, 3.8) is 0 Å². The van der Waals surface area contributed by atoms with Gasteiger partial charge in [0.1, 0.15) is 24.4 Å². The Morgan fingerprint density at radius 3 is 2.41 bits per heavy atom. The van der Waals surface area contributed by atoms with Gasteiger partial charge in [-0.25, -0.2) is 0 Å². The van der Waals surface area contributed by atoms with Crippen LogP contribution in [0.4, 0.5) is 0 Å². The Kier molecular flexibility index (Phi) is 6.84. The minimum absolute atomic E-state index is 0.489. The van der Waals surface area contributed by atoms with Gasteiger partial charge in [-0.1, -0.05) is 60.8 Å². The van der Waals surface area contributed by atoms with E-state index >= 15 is 0 Å². The third-order valence-electron chi connectivity index (χ3n) is 8.33. The van der Waals surface area contributed by atoms with Crippen LogP contribution < -0.4 is 0 Å². The van der Waals surface area contributed by atoms with Crippen LogP contribution in [-0.4, -0.2) is 46.0 Å². The summed E-state index contributed by atoms with van der Waals surface area (Å²) in [6.45, 7) is -0.489. The molecule has 3 aliphatic rings. The second kappa shape index (κ2) is 9.71. The maximum absolute atomic E-state index is 12.6. The largest absolute Gasteiger partial charge is 0.394 e. The quantitative estimate of drug-likeness (QED) is 0.582. The van der Waals surface area contributed by atoms with E-state index in [4.69, 9.17) is 16.3 Å². The molecular formula is C28H33ClO5. The molecule has 1 heterocycles. The molecule has 3 N–H and O–H groups in total. The van der Waals surface area contributed by atoms with Crippen molar-refractivity contribution in [2.24, 2.45) is 5.41 Å². The summed E-state index contributed by atoms with van der Waals surface area (Å²) in [5, 5.41) is 30.1. The zero-order chi connectivity index (χ0) is 23.9. The van der Waals surface area contributed by atoms with Crippen molar-refractivity contribution in [3.8, 4) is 0 Å². The number of halogens is 1. The number of benzene rings is 2. The average molecular weight is 485 g/mol. The first-order chi connectivity index (χ1) is 16.4. The van der Waals surface area contributed by atoms with Crippen LogP contribution in [0.2, 0.25) is 5.02 Å². The average Bonchev–Trinajstić information content (AvgIpc) is 3.49. The summed E-state index contributed by atoms with van der Waals surface area (Å²) >= 11 is 6.48. The zero-order valence-electron chi connectivity index (χ0n) is 19.3. The summed E-state index contributed by atoms with van der Waals surface area (Å²) in [7, 11) is 0. The highest BCUT2D eigenvalue weighted by Crippen LogP contribution is 2.55. The van der Waals surface area contributed by atoms with E-state index in [9.17, 15) is 20.1 Å². The van der Waals surface area contributed by atoms with Crippen LogP contribution in [0.15, 0.2) is 42.5 Å². The van der Waals surface area contributed by atoms with Crippen LogP contribution in [0.1, 0.15) is 79.2 Å². The molecule has 2 aromatic rings. The first-order valence-corrected chi connectivity index (χ1v) is 12.8. The molecule has 5 rings (SSSR count). The molecule has 3 fully saturated rings. The van der Waals surface area contributed by atoms with Crippen LogP contribution in [0.25, 0.3) is 0 Å². The van der Waals surface area contributed by atoms with Crippen LogP contribution in [-0.2, 0) is 16.0 Å². The number of carbonyl (C=O) groups excluding carboxylic acids is 1. The molecule has 0 aromatic heterocycles. The molecule has 1 saturated heterocycles. The van der Waals surface area contributed by atoms with Crippen molar-refractivity contribution >= 4 is 17.4 Å². The first-order valence-electron chi connectivity index (χ1n) is 12.4. The third-order valence-corrected chi connectivity index (χ3v) is 8.70. The summed E-state index contributed by atoms with van der Waals surface area (Å²) in [6, 6.07) is 14.1. The van der Waals surface area contributed by atoms with Gasteiger partial charge in [-0.3, -0.25) is 4.79 Å². The number of ketones is 1. The van der Waals surface area contributed by atoms with E-state index in [-0.39, 0.29) is 0 Å². The van der Waals surface area contributed by atoms with Crippen LogP contribution >= 0.6 is 11.6 Å². The Morgan fingerprint density at radius 1 is 1.00 bits per heavy atom. The van der Waals surface area contributed by atoms with E-state index in [1.807, 2.05) is 6.07 Å². The highest BCUT2D eigenvalue weighted by atomic mass is 35.5. The molecule has 182 valence electrons. The van der Waals surface area contributed by atoms with E-state index in [0.717, 1.165) is 11.1 Å². The Morgan fingerprint density at radius 2 is 1.71 bits per heavy atom. The van der Waals surface area contributed by atoms with Crippen LogP contribution in [0.5, 0.6) is 0 Å². The fraction of sp³-hybridized carbons (Fsp3) is 0.536. The van der Waals surface area contributed by atoms with E-state index in [1.54, 1.807) is 12.1 Å². The lowest BCUT2D eigenvalue weighted by molar-refractivity contribution is -0.189. The number of ether oxygens (including phenoxy) is 1. The summed E-state index contributed by atoms with van der Waals surface area (Å²) in [6.07, 6.45) is 5.06. The normalized spacial score (nSPS) is 30.8. The molecule has 1 spiro atoms. The van der Waals surface area contributed by atoms with Crippen molar-refractivity contribution in [1.82, 2.24) is 0 Å². The zero-order valence-corrected chi connectivity index (χ0v) is 20.1. The summed E-state index contributed by atoms with van der Waals surface area (Å²) < 4.78 is 5.62. The molecule has 34 heavy (non-hydrogen) atoms. The lowest BCUT2D eigenvalue weighted by Crippen LogP contribution is -2.53. The minimum atomic E-state index is -1.60. The lowest BCUT2D eigenvalue weighted by atomic mass is 9.82. The monoisotopic (exact) mass is 484 g/mol. The third kappa shape index (κ3) is 4.57. The van der Waals surface area contributed by atoms with Gasteiger partial charge in [0.2, 0.25) is 0 Å². The van der Waals surface area contributed by atoms with Crippen molar-refractivity contribution in [3.05, 3.63) is 69.7 Å². The van der Waals surface area contributed by atoms with E-state index in [0.29, 0.717) is 28.3 Å².